The first-order chi connectivity index (χ1) is 15.8. The van der Waals surface area contributed by atoms with E-state index >= 15 is 8.78 Å². The second kappa shape index (κ2) is 7.45. The predicted molar refractivity (Wildman–Crippen MR) is 114 cm³/mol. The van der Waals surface area contributed by atoms with Gasteiger partial charge >= 0.3 is 5.69 Å². The second-order valence-electron chi connectivity index (χ2n) is 7.62. The monoisotopic (exact) mass is 449 g/mol. The van der Waals surface area contributed by atoms with Crippen molar-refractivity contribution < 1.29 is 18.4 Å². The molecule has 0 saturated carbocycles. The normalized spacial score (nSPS) is 13.4. The third kappa shape index (κ3) is 3.14. The SMILES string of the molecule is Cc1noc(C)c1-c1cc(C(O)(c2cnccn2)c2c(F)cccc2F)c2[nH]c(=O)[nH]c2c1. The van der Waals surface area contributed by atoms with Crippen molar-refractivity contribution in [1.82, 2.24) is 25.1 Å². The first kappa shape index (κ1) is 20.7. The highest BCUT2D eigenvalue weighted by atomic mass is 19.1. The smallest absolute Gasteiger partial charge is 0.323 e. The largest absolute Gasteiger partial charge is 0.374 e. The molecule has 0 radical (unpaired) electrons. The number of nitrogens with zero attached hydrogens (tertiary/aromatic N) is 3. The van der Waals surface area contributed by atoms with Gasteiger partial charge in [0.15, 0.2) is 5.60 Å². The van der Waals surface area contributed by atoms with Crippen molar-refractivity contribution >= 4 is 11.0 Å². The van der Waals surface area contributed by atoms with Gasteiger partial charge in [-0.3, -0.25) is 9.97 Å². The molecule has 0 fully saturated rings. The number of H-pyrrole nitrogens is 2. The van der Waals surface area contributed by atoms with Crippen LogP contribution in [0, 0.1) is 25.5 Å². The van der Waals surface area contributed by atoms with Crippen LogP contribution in [0.5, 0.6) is 0 Å². The average molecular weight is 449 g/mol. The van der Waals surface area contributed by atoms with E-state index in [9.17, 15) is 9.90 Å². The van der Waals surface area contributed by atoms with Crippen molar-refractivity contribution in [2.24, 2.45) is 0 Å². The van der Waals surface area contributed by atoms with Crippen LogP contribution in [0.1, 0.15) is 28.3 Å². The first-order valence-corrected chi connectivity index (χ1v) is 9.93. The van der Waals surface area contributed by atoms with Crippen molar-refractivity contribution in [2.45, 2.75) is 19.4 Å². The number of rotatable bonds is 4. The quantitative estimate of drug-likeness (QED) is 0.386. The summed E-state index contributed by atoms with van der Waals surface area (Å²) in [6.07, 6.45) is 3.88. The minimum absolute atomic E-state index is 0.00199. The molecule has 0 aliphatic heterocycles. The zero-order valence-corrected chi connectivity index (χ0v) is 17.5. The fourth-order valence-corrected chi connectivity index (χ4v) is 4.20. The number of halogens is 2. The molecule has 5 aromatic rings. The maximum atomic E-state index is 15.1. The summed E-state index contributed by atoms with van der Waals surface area (Å²) in [6, 6.07) is 6.46. The van der Waals surface area contributed by atoms with Crippen LogP contribution in [0.2, 0.25) is 0 Å². The number of hydrogen-bond acceptors (Lipinski definition) is 6. The molecule has 3 heterocycles. The van der Waals surface area contributed by atoms with E-state index in [0.29, 0.717) is 28.1 Å². The summed E-state index contributed by atoms with van der Waals surface area (Å²) < 4.78 is 35.4. The predicted octanol–water partition coefficient (Wildman–Crippen LogP) is 3.48. The molecule has 166 valence electrons. The van der Waals surface area contributed by atoms with Crippen LogP contribution in [0.4, 0.5) is 8.78 Å². The summed E-state index contributed by atoms with van der Waals surface area (Å²) >= 11 is 0. The Kier molecular flexibility index (Phi) is 4.68. The van der Waals surface area contributed by atoms with Gasteiger partial charge in [-0.25, -0.2) is 13.6 Å². The molecule has 0 saturated heterocycles. The number of benzene rings is 2. The summed E-state index contributed by atoms with van der Waals surface area (Å²) in [5, 5.41) is 16.1. The molecule has 0 bridgehead atoms. The Hall–Kier alpha value is -4.18. The number of aliphatic hydroxyl groups is 1. The van der Waals surface area contributed by atoms with Crippen LogP contribution >= 0.6 is 0 Å². The lowest BCUT2D eigenvalue weighted by molar-refractivity contribution is 0.112. The minimum Gasteiger partial charge on any atom is -0.374 e. The zero-order chi connectivity index (χ0) is 23.3. The Morgan fingerprint density at radius 3 is 2.48 bits per heavy atom. The zero-order valence-electron chi connectivity index (χ0n) is 17.5. The van der Waals surface area contributed by atoms with E-state index in [-0.39, 0.29) is 16.8 Å². The Bertz CT molecular complexity index is 1520. The summed E-state index contributed by atoms with van der Waals surface area (Å²) in [7, 11) is 0. The van der Waals surface area contributed by atoms with Gasteiger partial charge < -0.3 is 19.6 Å². The van der Waals surface area contributed by atoms with Crippen LogP contribution in [-0.2, 0) is 5.60 Å². The highest BCUT2D eigenvalue weighted by Gasteiger charge is 2.42. The van der Waals surface area contributed by atoms with Crippen LogP contribution in [0.25, 0.3) is 22.2 Å². The van der Waals surface area contributed by atoms with Gasteiger partial charge in [-0.05, 0) is 43.7 Å². The lowest BCUT2D eigenvalue weighted by Gasteiger charge is -2.30. The number of imidazole rings is 1. The third-order valence-electron chi connectivity index (χ3n) is 5.60. The summed E-state index contributed by atoms with van der Waals surface area (Å²) in [5.41, 5.74) is -1.61. The van der Waals surface area contributed by atoms with Gasteiger partial charge in [-0.15, -0.1) is 0 Å². The van der Waals surface area contributed by atoms with Gasteiger partial charge in [0.1, 0.15) is 17.4 Å². The van der Waals surface area contributed by atoms with E-state index in [1.54, 1.807) is 19.9 Å². The van der Waals surface area contributed by atoms with Gasteiger partial charge in [0, 0.05) is 23.5 Å². The van der Waals surface area contributed by atoms with Crippen molar-refractivity contribution in [3.63, 3.8) is 0 Å². The van der Waals surface area contributed by atoms with Crippen molar-refractivity contribution in [3.8, 4) is 11.1 Å². The maximum absolute atomic E-state index is 15.1. The van der Waals surface area contributed by atoms with Gasteiger partial charge in [-0.2, -0.15) is 0 Å². The molecule has 2 aromatic carbocycles. The van der Waals surface area contributed by atoms with Crippen molar-refractivity contribution in [2.75, 3.05) is 0 Å². The molecule has 3 aromatic heterocycles. The van der Waals surface area contributed by atoms with E-state index in [4.69, 9.17) is 4.52 Å². The molecular formula is C23H17F2N5O3. The fraction of sp³-hybridized carbons (Fsp3) is 0.130. The number of aromatic amines is 2. The lowest BCUT2D eigenvalue weighted by atomic mass is 9.81. The van der Waals surface area contributed by atoms with Gasteiger partial charge in [0.25, 0.3) is 0 Å². The summed E-state index contributed by atoms with van der Waals surface area (Å²) in [4.78, 5) is 25.6. The Morgan fingerprint density at radius 2 is 1.85 bits per heavy atom. The first-order valence-electron chi connectivity index (χ1n) is 9.93. The molecule has 3 N–H and O–H groups in total. The second-order valence-corrected chi connectivity index (χ2v) is 7.62. The summed E-state index contributed by atoms with van der Waals surface area (Å²) in [5.74, 6) is -1.48. The molecule has 5 rings (SSSR count). The number of aryl methyl sites for hydroxylation is 2. The lowest BCUT2D eigenvalue weighted by Crippen LogP contribution is -2.33. The third-order valence-corrected chi connectivity index (χ3v) is 5.60. The molecule has 10 heteroatoms. The van der Waals surface area contributed by atoms with E-state index in [0.717, 1.165) is 12.1 Å². The van der Waals surface area contributed by atoms with Crippen molar-refractivity contribution in [3.05, 3.63) is 99.3 Å². The molecular weight excluding hydrogens is 432 g/mol. The Labute approximate surface area is 184 Å². The minimum atomic E-state index is -2.44. The van der Waals surface area contributed by atoms with Crippen molar-refractivity contribution in [1.29, 1.82) is 0 Å². The van der Waals surface area contributed by atoms with Crippen LogP contribution in [0.15, 0.2) is 58.2 Å². The number of fused-ring (bicyclic) bond motifs is 1. The average Bonchev–Trinajstić information content (AvgIpc) is 3.33. The topological polar surface area (TPSA) is 121 Å². The van der Waals surface area contributed by atoms with E-state index < -0.39 is 28.5 Å². The summed E-state index contributed by atoms with van der Waals surface area (Å²) in [6.45, 7) is 3.45. The molecule has 33 heavy (non-hydrogen) atoms. The fourth-order valence-electron chi connectivity index (χ4n) is 4.20. The number of aromatic nitrogens is 5. The molecule has 0 aliphatic carbocycles. The molecule has 8 nitrogen and oxygen atoms in total. The number of hydrogen-bond donors (Lipinski definition) is 3. The van der Waals surface area contributed by atoms with Crippen LogP contribution in [-0.4, -0.2) is 30.2 Å². The highest BCUT2D eigenvalue weighted by molar-refractivity contribution is 5.87. The number of nitrogens with one attached hydrogen (secondary N) is 2. The van der Waals surface area contributed by atoms with E-state index in [2.05, 4.69) is 25.1 Å². The molecule has 0 aliphatic rings. The molecule has 0 amide bonds. The van der Waals surface area contributed by atoms with Crippen LogP contribution in [0.3, 0.4) is 0 Å². The molecule has 1 unspecified atom stereocenters. The maximum Gasteiger partial charge on any atom is 0.323 e. The standard InChI is InChI=1S/C23H17F2N5O3/c1-11-19(12(2)33-30-11)13-8-14(21-17(9-13)28-22(31)29-21)23(32,18-10-26-6-7-27-18)20-15(24)4-3-5-16(20)25/h3-10,32H,1-2H3,(H2,28,29,31). The van der Waals surface area contributed by atoms with Gasteiger partial charge in [0.2, 0.25) is 0 Å². The van der Waals surface area contributed by atoms with Gasteiger partial charge in [-0.1, -0.05) is 11.2 Å². The Balaban J connectivity index is 1.95. The molecule has 0 spiro atoms. The molecule has 1 atom stereocenters. The van der Waals surface area contributed by atoms with E-state index in [1.807, 2.05) is 0 Å². The van der Waals surface area contributed by atoms with Gasteiger partial charge in [0.05, 0.1) is 34.2 Å². The van der Waals surface area contributed by atoms with Crippen LogP contribution < -0.4 is 5.69 Å². The Morgan fingerprint density at radius 1 is 1.09 bits per heavy atom. The van der Waals surface area contributed by atoms with E-state index in [1.165, 1.54) is 30.7 Å². The highest BCUT2D eigenvalue weighted by Crippen LogP contribution is 2.42.